The molecule has 0 aromatic heterocycles. The Kier molecular flexibility index (Phi) is 7.51. The predicted molar refractivity (Wildman–Crippen MR) is 54.4 cm³/mol. The Morgan fingerprint density at radius 3 is 1.00 bits per heavy atom. The van der Waals surface area contributed by atoms with Crippen molar-refractivity contribution in [1.29, 1.82) is 0 Å². The molecule has 0 rings (SSSR count). The van der Waals surface area contributed by atoms with E-state index in [9.17, 15) is 0 Å². The first-order chi connectivity index (χ1) is 5.91. The Morgan fingerprint density at radius 1 is 0.615 bits per heavy atom. The molecule has 0 heterocycles. The van der Waals surface area contributed by atoms with E-state index in [1.165, 1.54) is 0 Å². The van der Waals surface area contributed by atoms with Crippen molar-refractivity contribution in [2.45, 2.75) is 59.9 Å². The summed E-state index contributed by atoms with van der Waals surface area (Å²) in [7, 11) is 0. The van der Waals surface area contributed by atoms with Crippen LogP contribution >= 0.6 is 0 Å². The number of rotatable bonds is 6. The second-order valence-corrected chi connectivity index (χ2v) is 7.82. The van der Waals surface area contributed by atoms with Crippen molar-refractivity contribution in [1.82, 2.24) is 0 Å². The SMILES string of the molecule is CC(C)[O][In]([O]C(C)C)[O]C(C)C. The third-order valence-corrected chi connectivity index (χ3v) is 7.71. The van der Waals surface area contributed by atoms with E-state index >= 15 is 0 Å². The van der Waals surface area contributed by atoms with Gasteiger partial charge in [0.15, 0.2) is 0 Å². The van der Waals surface area contributed by atoms with Crippen molar-refractivity contribution in [3.8, 4) is 0 Å². The molecule has 0 aliphatic heterocycles. The molecule has 0 spiro atoms. The minimum atomic E-state index is -2.61. The molecule has 13 heavy (non-hydrogen) atoms. The van der Waals surface area contributed by atoms with E-state index < -0.39 is 22.7 Å². The fourth-order valence-electron chi connectivity index (χ4n) is 0.763. The second kappa shape index (κ2) is 7.10. The van der Waals surface area contributed by atoms with Gasteiger partial charge >= 0.3 is 91.2 Å². The van der Waals surface area contributed by atoms with Crippen LogP contribution in [0.2, 0.25) is 0 Å². The van der Waals surface area contributed by atoms with Gasteiger partial charge in [-0.15, -0.1) is 0 Å². The Morgan fingerprint density at radius 2 is 0.846 bits per heavy atom. The molecule has 0 radical (unpaired) electrons. The van der Waals surface area contributed by atoms with Gasteiger partial charge in [-0.3, -0.25) is 0 Å². The van der Waals surface area contributed by atoms with Gasteiger partial charge in [-0.1, -0.05) is 0 Å². The van der Waals surface area contributed by atoms with Crippen LogP contribution in [0.1, 0.15) is 41.5 Å². The molecule has 0 N–H and O–H groups in total. The van der Waals surface area contributed by atoms with Gasteiger partial charge in [0.05, 0.1) is 0 Å². The average Bonchev–Trinajstić information content (AvgIpc) is 1.80. The molecule has 78 valence electrons. The summed E-state index contributed by atoms with van der Waals surface area (Å²) in [6.07, 6.45) is 0.620. The zero-order valence-corrected chi connectivity index (χ0v) is 12.8. The van der Waals surface area contributed by atoms with Gasteiger partial charge in [0.1, 0.15) is 0 Å². The van der Waals surface area contributed by atoms with E-state index in [0.717, 1.165) is 0 Å². The molecular formula is C9H21InO3. The van der Waals surface area contributed by atoms with Crippen molar-refractivity contribution in [2.24, 2.45) is 0 Å². The van der Waals surface area contributed by atoms with E-state index in [-0.39, 0.29) is 18.3 Å². The van der Waals surface area contributed by atoms with Gasteiger partial charge in [-0.25, -0.2) is 0 Å². The van der Waals surface area contributed by atoms with Gasteiger partial charge in [-0.05, 0) is 0 Å². The molecule has 0 aliphatic carbocycles. The standard InChI is InChI=1S/3C3H7O.In/c3*1-3(2)4;/h3*3H,1-2H3;/q3*-1;+3. The summed E-state index contributed by atoms with van der Waals surface area (Å²) in [6.45, 7) is 12.1. The third kappa shape index (κ3) is 9.06. The molecule has 0 aliphatic rings. The molecule has 0 aromatic rings. The average molecular weight is 292 g/mol. The minimum absolute atomic E-state index is 0.207. The first kappa shape index (κ1) is 13.8. The first-order valence-corrected chi connectivity index (χ1v) is 8.91. The Labute approximate surface area is 91.1 Å². The molecule has 3 nitrogen and oxygen atoms in total. The molecule has 0 saturated carbocycles. The van der Waals surface area contributed by atoms with E-state index in [1.54, 1.807) is 0 Å². The number of hydrogen-bond donors (Lipinski definition) is 0. The fraction of sp³-hybridized carbons (Fsp3) is 1.00. The maximum absolute atomic E-state index is 5.64. The van der Waals surface area contributed by atoms with Crippen molar-refractivity contribution in [2.75, 3.05) is 0 Å². The van der Waals surface area contributed by atoms with Gasteiger partial charge < -0.3 is 0 Å². The van der Waals surface area contributed by atoms with Crippen LogP contribution in [0, 0.1) is 0 Å². The molecule has 0 amide bonds. The molecule has 0 bridgehead atoms. The molecule has 0 saturated heterocycles. The van der Waals surface area contributed by atoms with Crippen LogP contribution in [0.5, 0.6) is 0 Å². The molecule has 0 unspecified atom stereocenters. The van der Waals surface area contributed by atoms with Crippen LogP contribution < -0.4 is 0 Å². The summed E-state index contributed by atoms with van der Waals surface area (Å²) in [4.78, 5) is 0. The molecule has 0 aromatic carbocycles. The van der Waals surface area contributed by atoms with Crippen molar-refractivity contribution in [3.05, 3.63) is 0 Å². The van der Waals surface area contributed by atoms with Crippen LogP contribution in [0.3, 0.4) is 0 Å². The van der Waals surface area contributed by atoms with Gasteiger partial charge in [0.25, 0.3) is 0 Å². The molecule has 0 fully saturated rings. The molecule has 0 atom stereocenters. The van der Waals surface area contributed by atoms with E-state index in [4.69, 9.17) is 8.56 Å². The Hall–Kier alpha value is 0.750. The van der Waals surface area contributed by atoms with Crippen LogP contribution in [0.15, 0.2) is 0 Å². The van der Waals surface area contributed by atoms with E-state index in [0.29, 0.717) is 0 Å². The van der Waals surface area contributed by atoms with Gasteiger partial charge in [0.2, 0.25) is 0 Å². The van der Waals surface area contributed by atoms with Crippen molar-refractivity contribution >= 4 is 22.7 Å². The van der Waals surface area contributed by atoms with Crippen molar-refractivity contribution in [3.63, 3.8) is 0 Å². The summed E-state index contributed by atoms with van der Waals surface area (Å²) in [5.41, 5.74) is 0. The second-order valence-electron chi connectivity index (χ2n) is 3.84. The topological polar surface area (TPSA) is 27.7 Å². The van der Waals surface area contributed by atoms with E-state index in [2.05, 4.69) is 0 Å². The summed E-state index contributed by atoms with van der Waals surface area (Å²) < 4.78 is 16.9. The molecule has 4 heteroatoms. The fourth-order valence-corrected chi connectivity index (χ4v) is 5.12. The van der Waals surface area contributed by atoms with Crippen LogP contribution in [-0.4, -0.2) is 41.1 Å². The normalized spacial score (nSPS) is 11.8. The van der Waals surface area contributed by atoms with Gasteiger partial charge in [-0.2, -0.15) is 0 Å². The zero-order valence-electron chi connectivity index (χ0n) is 9.53. The third-order valence-electron chi connectivity index (χ3n) is 1.15. The summed E-state index contributed by atoms with van der Waals surface area (Å²) in [6, 6.07) is 0. The van der Waals surface area contributed by atoms with E-state index in [1.807, 2.05) is 41.5 Å². The number of hydrogen-bond acceptors (Lipinski definition) is 3. The predicted octanol–water partition coefficient (Wildman–Crippen LogP) is 2.25. The van der Waals surface area contributed by atoms with Crippen LogP contribution in [0.4, 0.5) is 0 Å². The Balaban J connectivity index is 3.87. The summed E-state index contributed by atoms with van der Waals surface area (Å²) >= 11 is -2.61. The quantitative estimate of drug-likeness (QED) is 0.751. The summed E-state index contributed by atoms with van der Waals surface area (Å²) in [5, 5.41) is 0. The first-order valence-electron chi connectivity index (χ1n) is 4.88. The Bertz CT molecular complexity index is 102. The van der Waals surface area contributed by atoms with Crippen LogP contribution in [-0.2, 0) is 8.56 Å². The summed E-state index contributed by atoms with van der Waals surface area (Å²) in [5.74, 6) is 0. The van der Waals surface area contributed by atoms with Crippen LogP contribution in [0.25, 0.3) is 0 Å². The van der Waals surface area contributed by atoms with Gasteiger partial charge in [0, 0.05) is 0 Å². The van der Waals surface area contributed by atoms with Crippen molar-refractivity contribution < 1.29 is 8.56 Å². The zero-order chi connectivity index (χ0) is 10.4. The monoisotopic (exact) mass is 292 g/mol. The molecular weight excluding hydrogens is 271 g/mol. The maximum atomic E-state index is 5.64.